The first kappa shape index (κ1) is 11.0. The van der Waals surface area contributed by atoms with Gasteiger partial charge in [-0.2, -0.15) is 0 Å². The van der Waals surface area contributed by atoms with Gasteiger partial charge in [0.1, 0.15) is 0 Å². The van der Waals surface area contributed by atoms with Crippen molar-refractivity contribution in [2.24, 2.45) is 0 Å². The van der Waals surface area contributed by atoms with E-state index in [1.165, 1.54) is 0 Å². The van der Waals surface area contributed by atoms with E-state index in [-0.39, 0.29) is 11.7 Å². The van der Waals surface area contributed by atoms with E-state index in [1.807, 2.05) is 34.6 Å². The molecule has 0 heterocycles. The van der Waals surface area contributed by atoms with E-state index in [1.54, 1.807) is 14.7 Å². The van der Waals surface area contributed by atoms with Crippen molar-refractivity contribution in [1.29, 1.82) is 0 Å². The minimum atomic E-state index is -0.128. The molecule has 0 atom stereocenters. The maximum atomic E-state index is 5.27. The van der Waals surface area contributed by atoms with E-state index in [0.29, 0.717) is 0 Å². The number of rotatable bonds is 4. The zero-order valence-electron chi connectivity index (χ0n) is 8.05. The van der Waals surface area contributed by atoms with Crippen molar-refractivity contribution in [3.05, 3.63) is 0 Å². The predicted octanol–water partition coefficient (Wildman–Crippen LogP) is 1.38. The van der Waals surface area contributed by atoms with E-state index in [9.17, 15) is 0 Å². The molecule has 0 aliphatic carbocycles. The topological polar surface area (TPSA) is 18.5 Å². The molecule has 62 valence electrons. The second-order valence-corrected chi connectivity index (χ2v) is 3.69. The van der Waals surface area contributed by atoms with E-state index in [0.717, 1.165) is 0 Å². The summed E-state index contributed by atoms with van der Waals surface area (Å²) >= 11 is 0. The molecule has 0 aromatic heterocycles. The molecule has 0 amide bonds. The van der Waals surface area contributed by atoms with Gasteiger partial charge in [-0.3, -0.25) is 0 Å². The van der Waals surface area contributed by atoms with Crippen LogP contribution in [0.25, 0.3) is 0 Å². The second kappa shape index (κ2) is 4.83. The molecule has 0 saturated heterocycles. The van der Waals surface area contributed by atoms with Crippen LogP contribution in [-0.4, -0.2) is 26.5 Å². The third-order valence-corrected chi connectivity index (χ3v) is 0.828. The van der Waals surface area contributed by atoms with Crippen LogP contribution in [0, 0.1) is 0 Å². The highest BCUT2D eigenvalue weighted by atomic mass is 16.5. The van der Waals surface area contributed by atoms with Gasteiger partial charge in [0.15, 0.2) is 0 Å². The molecule has 0 saturated carbocycles. The second-order valence-electron chi connectivity index (χ2n) is 3.69. The smallest absolute Gasteiger partial charge is 0.283 e. The van der Waals surface area contributed by atoms with Gasteiger partial charge in [0.2, 0.25) is 0 Å². The zero-order chi connectivity index (χ0) is 8.91. The van der Waals surface area contributed by atoms with Crippen LogP contribution in [0.5, 0.6) is 0 Å². The Labute approximate surface area is 71.2 Å². The quantitative estimate of drug-likeness (QED) is 0.449. The summed E-state index contributed by atoms with van der Waals surface area (Å²) in [6.07, 6.45) is 0.217. The van der Waals surface area contributed by atoms with Crippen LogP contribution in [0.4, 0.5) is 0 Å². The number of hydrogen-bond acceptors (Lipinski definition) is 2. The molecule has 0 aromatic rings. The molecule has 2 nitrogen and oxygen atoms in total. The average Bonchev–Trinajstić information content (AvgIpc) is 1.78. The van der Waals surface area contributed by atoms with Crippen LogP contribution in [-0.2, 0) is 9.31 Å². The molecular weight excluding hydrogens is 138 g/mol. The number of hydrogen-bond donors (Lipinski definition) is 0. The lowest BCUT2D eigenvalue weighted by Gasteiger charge is -2.19. The van der Waals surface area contributed by atoms with Gasteiger partial charge in [-0.15, -0.1) is 0 Å². The van der Waals surface area contributed by atoms with Crippen molar-refractivity contribution in [3.8, 4) is 0 Å². The van der Waals surface area contributed by atoms with Crippen molar-refractivity contribution in [1.82, 2.24) is 0 Å². The Balaban J connectivity index is 3.15. The van der Waals surface area contributed by atoms with Crippen LogP contribution < -0.4 is 0 Å². The minimum Gasteiger partial charge on any atom is -0.446 e. The molecule has 11 heavy (non-hydrogen) atoms. The Morgan fingerprint density at radius 2 is 1.64 bits per heavy atom. The summed E-state index contributed by atoms with van der Waals surface area (Å²) in [5.74, 6) is 0. The third kappa shape index (κ3) is 10.0. The normalized spacial score (nSPS) is 11.8. The van der Waals surface area contributed by atoms with Gasteiger partial charge in [-0.05, 0) is 34.6 Å². The van der Waals surface area contributed by atoms with Gasteiger partial charge in [0, 0.05) is 11.7 Å². The van der Waals surface area contributed by atoms with Gasteiger partial charge in [-0.1, -0.05) is 0 Å². The van der Waals surface area contributed by atoms with E-state index in [2.05, 4.69) is 0 Å². The molecule has 4 heteroatoms. The first-order chi connectivity index (χ1) is 4.92. The van der Waals surface area contributed by atoms with Crippen LogP contribution in [0.2, 0.25) is 0 Å². The highest BCUT2D eigenvalue weighted by Gasteiger charge is 2.10. The van der Waals surface area contributed by atoms with Crippen molar-refractivity contribution in [2.75, 3.05) is 0 Å². The fourth-order valence-electron chi connectivity index (χ4n) is 0.421. The Bertz CT molecular complexity index is 99.1. The summed E-state index contributed by atoms with van der Waals surface area (Å²) in [5, 5.41) is 0. The Kier molecular flexibility index (Phi) is 4.86. The van der Waals surface area contributed by atoms with Crippen molar-refractivity contribution >= 4 is 14.7 Å². The Morgan fingerprint density at radius 1 is 1.09 bits per heavy atom. The summed E-state index contributed by atoms with van der Waals surface area (Å²) in [6, 6.07) is 0. The lowest BCUT2D eigenvalue weighted by Crippen LogP contribution is -2.27. The largest absolute Gasteiger partial charge is 0.446 e. The molecule has 0 aliphatic rings. The van der Waals surface area contributed by atoms with E-state index < -0.39 is 0 Å². The lowest BCUT2D eigenvalue weighted by molar-refractivity contribution is 0.140. The average molecular weight is 154 g/mol. The predicted molar refractivity (Wildman–Crippen MR) is 48.6 cm³/mol. The molecule has 0 unspecified atom stereocenters. The fourth-order valence-corrected chi connectivity index (χ4v) is 0.421. The Hall–Kier alpha value is 0.0499. The van der Waals surface area contributed by atoms with Crippen LogP contribution in [0.1, 0.15) is 34.6 Å². The molecule has 2 radical (unpaired) electrons. The molecule has 0 rings (SSSR count). The molecule has 0 fully saturated rings. The van der Waals surface area contributed by atoms with Crippen molar-refractivity contribution in [2.45, 2.75) is 46.3 Å². The van der Waals surface area contributed by atoms with E-state index in [4.69, 9.17) is 9.31 Å². The third-order valence-electron chi connectivity index (χ3n) is 0.828. The Morgan fingerprint density at radius 3 is 2.00 bits per heavy atom. The molecular formula is C7H16B2O2. The summed E-state index contributed by atoms with van der Waals surface area (Å²) in [6.45, 7) is 9.93. The van der Waals surface area contributed by atoms with Crippen molar-refractivity contribution in [3.63, 3.8) is 0 Å². The van der Waals surface area contributed by atoms with Gasteiger partial charge in [-0.25, -0.2) is 0 Å². The summed E-state index contributed by atoms with van der Waals surface area (Å²) in [4.78, 5) is 0. The molecule has 0 bridgehead atoms. The van der Waals surface area contributed by atoms with Crippen LogP contribution in [0.15, 0.2) is 0 Å². The summed E-state index contributed by atoms with van der Waals surface area (Å²) in [7, 11) is 3.16. The molecule has 0 aromatic carbocycles. The molecule has 0 spiro atoms. The van der Waals surface area contributed by atoms with Crippen LogP contribution >= 0.6 is 0 Å². The first-order valence-corrected chi connectivity index (χ1v) is 3.90. The lowest BCUT2D eigenvalue weighted by atomic mass is 9.63. The van der Waals surface area contributed by atoms with Gasteiger partial charge in [0.25, 0.3) is 14.7 Å². The van der Waals surface area contributed by atoms with E-state index >= 15 is 0 Å². The van der Waals surface area contributed by atoms with Crippen molar-refractivity contribution < 1.29 is 9.31 Å². The summed E-state index contributed by atoms with van der Waals surface area (Å²) in [5.41, 5.74) is -0.128. The first-order valence-electron chi connectivity index (χ1n) is 3.90. The standard InChI is InChI=1S/C7H16B2O2/c1-6(2)10-8-9-11-7(3,4)5/h6H,1-5H3. The summed E-state index contributed by atoms with van der Waals surface area (Å²) < 4.78 is 10.4. The highest BCUT2D eigenvalue weighted by Crippen LogP contribution is 2.04. The molecule has 0 N–H and O–H groups in total. The zero-order valence-corrected chi connectivity index (χ0v) is 8.05. The van der Waals surface area contributed by atoms with Gasteiger partial charge in [0.05, 0.1) is 0 Å². The van der Waals surface area contributed by atoms with Gasteiger partial charge >= 0.3 is 0 Å². The maximum Gasteiger partial charge on any atom is 0.283 e. The van der Waals surface area contributed by atoms with Gasteiger partial charge < -0.3 is 9.31 Å². The minimum absolute atomic E-state index is 0.128. The molecule has 0 aliphatic heterocycles. The fraction of sp³-hybridized carbons (Fsp3) is 1.00. The highest BCUT2D eigenvalue weighted by molar-refractivity contribution is 6.93. The maximum absolute atomic E-state index is 5.27. The monoisotopic (exact) mass is 154 g/mol. The van der Waals surface area contributed by atoms with Crippen LogP contribution in [0.3, 0.4) is 0 Å². The SMILES string of the molecule is CC(C)O[B][B]OC(C)(C)C.